The van der Waals surface area contributed by atoms with Crippen molar-refractivity contribution in [2.45, 2.75) is 6.92 Å². The lowest BCUT2D eigenvalue weighted by Crippen LogP contribution is -1.88. The Balaban J connectivity index is 3.37. The third-order valence-corrected chi connectivity index (χ3v) is 1.91. The summed E-state index contributed by atoms with van der Waals surface area (Å²) in [7, 11) is 0. The molecular formula is C10H10ClN. The summed E-state index contributed by atoms with van der Waals surface area (Å²) in [6, 6.07) is 1.88. The minimum Gasteiger partial charge on any atom is -0.244 e. The van der Waals surface area contributed by atoms with Crippen LogP contribution in [0, 0.1) is 0 Å². The average molecular weight is 180 g/mol. The summed E-state index contributed by atoms with van der Waals surface area (Å²) < 4.78 is 0. The zero-order chi connectivity index (χ0) is 9.14. The van der Waals surface area contributed by atoms with Crippen LogP contribution in [0.2, 0.25) is 5.15 Å². The zero-order valence-corrected chi connectivity index (χ0v) is 7.73. The van der Waals surface area contributed by atoms with E-state index in [1.165, 1.54) is 0 Å². The van der Waals surface area contributed by atoms with Crippen LogP contribution in [-0.2, 0) is 0 Å². The molecule has 1 heterocycles. The fraction of sp³-hybridized carbons (Fsp3) is 0.100. The third-order valence-electron chi connectivity index (χ3n) is 1.61. The molecule has 0 fully saturated rings. The Bertz CT molecular complexity index is 329. The predicted octanol–water partition coefficient (Wildman–Crippen LogP) is 3.41. The monoisotopic (exact) mass is 179 g/mol. The van der Waals surface area contributed by atoms with Crippen LogP contribution in [0.3, 0.4) is 0 Å². The van der Waals surface area contributed by atoms with Gasteiger partial charge in [0.2, 0.25) is 0 Å². The van der Waals surface area contributed by atoms with Gasteiger partial charge in [0.25, 0.3) is 0 Å². The highest BCUT2D eigenvalue weighted by atomic mass is 35.5. The molecule has 12 heavy (non-hydrogen) atoms. The van der Waals surface area contributed by atoms with E-state index in [0.29, 0.717) is 5.15 Å². The zero-order valence-electron chi connectivity index (χ0n) is 6.97. The predicted molar refractivity (Wildman–Crippen MR) is 54.0 cm³/mol. The SMILES string of the molecule is C=Cc1c(C(=C)C)ccnc1Cl. The molecule has 1 rings (SSSR count). The number of pyridine rings is 1. The number of allylic oxidation sites excluding steroid dienone is 1. The quantitative estimate of drug-likeness (QED) is 0.634. The normalized spacial score (nSPS) is 9.50. The van der Waals surface area contributed by atoms with E-state index in [1.54, 1.807) is 12.3 Å². The van der Waals surface area contributed by atoms with Gasteiger partial charge in [-0.15, -0.1) is 0 Å². The fourth-order valence-corrected chi connectivity index (χ4v) is 1.25. The topological polar surface area (TPSA) is 12.9 Å². The van der Waals surface area contributed by atoms with Crippen LogP contribution in [-0.4, -0.2) is 4.98 Å². The van der Waals surface area contributed by atoms with Gasteiger partial charge >= 0.3 is 0 Å². The Morgan fingerprint density at radius 3 is 2.75 bits per heavy atom. The average Bonchev–Trinajstić information content (AvgIpc) is 2.03. The van der Waals surface area contributed by atoms with Crippen molar-refractivity contribution >= 4 is 23.3 Å². The molecule has 1 aromatic heterocycles. The van der Waals surface area contributed by atoms with Gasteiger partial charge in [-0.1, -0.05) is 36.4 Å². The number of rotatable bonds is 2. The van der Waals surface area contributed by atoms with E-state index >= 15 is 0 Å². The van der Waals surface area contributed by atoms with Crippen molar-refractivity contribution in [2.24, 2.45) is 0 Å². The van der Waals surface area contributed by atoms with Crippen molar-refractivity contribution < 1.29 is 0 Å². The van der Waals surface area contributed by atoms with Crippen LogP contribution < -0.4 is 0 Å². The third kappa shape index (κ3) is 1.56. The van der Waals surface area contributed by atoms with Crippen LogP contribution >= 0.6 is 11.6 Å². The molecule has 2 heteroatoms. The standard InChI is InChI=1S/C10H10ClN/c1-4-8-9(7(2)3)5-6-12-10(8)11/h4-6H,1-2H2,3H3. The van der Waals surface area contributed by atoms with Gasteiger partial charge in [0.1, 0.15) is 5.15 Å². The van der Waals surface area contributed by atoms with Crippen LogP contribution in [0.15, 0.2) is 25.4 Å². The molecule has 0 atom stereocenters. The number of halogens is 1. The van der Waals surface area contributed by atoms with Gasteiger partial charge in [0, 0.05) is 11.8 Å². The Morgan fingerprint density at radius 2 is 2.33 bits per heavy atom. The molecule has 0 saturated carbocycles. The largest absolute Gasteiger partial charge is 0.244 e. The first-order valence-electron chi connectivity index (χ1n) is 3.59. The summed E-state index contributed by atoms with van der Waals surface area (Å²) in [4.78, 5) is 3.95. The summed E-state index contributed by atoms with van der Waals surface area (Å²) in [5, 5.41) is 0.477. The molecule has 0 spiro atoms. The van der Waals surface area contributed by atoms with Crippen LogP contribution in [0.4, 0.5) is 0 Å². The highest BCUT2D eigenvalue weighted by Crippen LogP contribution is 2.23. The summed E-state index contributed by atoms with van der Waals surface area (Å²) in [5.74, 6) is 0. The molecular weight excluding hydrogens is 170 g/mol. The highest BCUT2D eigenvalue weighted by Gasteiger charge is 2.03. The summed E-state index contributed by atoms with van der Waals surface area (Å²) in [6.45, 7) is 9.44. The number of hydrogen-bond donors (Lipinski definition) is 0. The van der Waals surface area contributed by atoms with Crippen molar-refractivity contribution in [2.75, 3.05) is 0 Å². The van der Waals surface area contributed by atoms with E-state index in [2.05, 4.69) is 18.1 Å². The van der Waals surface area contributed by atoms with Crippen molar-refractivity contribution in [1.82, 2.24) is 4.98 Å². The van der Waals surface area contributed by atoms with Crippen molar-refractivity contribution in [3.05, 3.63) is 41.7 Å². The van der Waals surface area contributed by atoms with E-state index in [1.807, 2.05) is 13.0 Å². The summed E-state index contributed by atoms with van der Waals surface area (Å²) >= 11 is 5.85. The van der Waals surface area contributed by atoms with Crippen LogP contribution in [0.25, 0.3) is 11.6 Å². The molecule has 62 valence electrons. The lowest BCUT2D eigenvalue weighted by Gasteiger charge is -2.05. The molecule has 1 aromatic rings. The first-order chi connectivity index (χ1) is 5.66. The van der Waals surface area contributed by atoms with Gasteiger partial charge in [0.05, 0.1) is 0 Å². The van der Waals surface area contributed by atoms with E-state index < -0.39 is 0 Å². The second kappa shape index (κ2) is 3.55. The molecule has 0 aliphatic heterocycles. The molecule has 0 saturated heterocycles. The van der Waals surface area contributed by atoms with Gasteiger partial charge in [-0.25, -0.2) is 4.98 Å². The van der Waals surface area contributed by atoms with Crippen molar-refractivity contribution in [3.63, 3.8) is 0 Å². The molecule has 0 amide bonds. The number of nitrogens with zero attached hydrogens (tertiary/aromatic N) is 1. The maximum Gasteiger partial charge on any atom is 0.136 e. The Morgan fingerprint density at radius 1 is 1.67 bits per heavy atom. The minimum atomic E-state index is 0.477. The van der Waals surface area contributed by atoms with Gasteiger partial charge in [-0.2, -0.15) is 0 Å². The molecule has 0 N–H and O–H groups in total. The second-order valence-corrected chi connectivity index (χ2v) is 2.91. The lowest BCUT2D eigenvalue weighted by molar-refractivity contribution is 1.30. The molecule has 0 aliphatic rings. The molecule has 0 aliphatic carbocycles. The van der Waals surface area contributed by atoms with E-state index in [-0.39, 0.29) is 0 Å². The summed E-state index contributed by atoms with van der Waals surface area (Å²) in [5.41, 5.74) is 2.82. The number of aromatic nitrogens is 1. The van der Waals surface area contributed by atoms with Gasteiger partial charge in [-0.3, -0.25) is 0 Å². The van der Waals surface area contributed by atoms with Crippen LogP contribution in [0.1, 0.15) is 18.1 Å². The minimum absolute atomic E-state index is 0.477. The molecule has 0 unspecified atom stereocenters. The maximum absolute atomic E-state index is 5.85. The summed E-state index contributed by atoms with van der Waals surface area (Å²) in [6.07, 6.45) is 3.36. The fourth-order valence-electron chi connectivity index (χ4n) is 1.01. The Hall–Kier alpha value is -1.08. The van der Waals surface area contributed by atoms with Crippen molar-refractivity contribution in [1.29, 1.82) is 0 Å². The first-order valence-corrected chi connectivity index (χ1v) is 3.97. The number of hydrogen-bond acceptors (Lipinski definition) is 1. The van der Waals surface area contributed by atoms with Crippen molar-refractivity contribution in [3.8, 4) is 0 Å². The second-order valence-electron chi connectivity index (χ2n) is 2.55. The van der Waals surface area contributed by atoms with E-state index in [4.69, 9.17) is 11.6 Å². The van der Waals surface area contributed by atoms with E-state index in [9.17, 15) is 0 Å². The molecule has 0 radical (unpaired) electrons. The first kappa shape index (κ1) is 9.01. The molecule has 0 aromatic carbocycles. The Labute approximate surface area is 77.4 Å². The van der Waals surface area contributed by atoms with E-state index in [0.717, 1.165) is 16.7 Å². The molecule has 1 nitrogen and oxygen atoms in total. The van der Waals surface area contributed by atoms with Crippen LogP contribution in [0.5, 0.6) is 0 Å². The molecule has 0 bridgehead atoms. The van der Waals surface area contributed by atoms with Gasteiger partial charge < -0.3 is 0 Å². The highest BCUT2D eigenvalue weighted by molar-refractivity contribution is 6.31. The van der Waals surface area contributed by atoms with Gasteiger partial charge in [0.15, 0.2) is 0 Å². The lowest BCUT2D eigenvalue weighted by atomic mass is 10.1. The smallest absolute Gasteiger partial charge is 0.136 e. The maximum atomic E-state index is 5.85. The van der Waals surface area contributed by atoms with Gasteiger partial charge in [-0.05, 0) is 18.6 Å². The Kier molecular flexibility index (Phi) is 2.66.